The number of carbonyl (C=O) groups is 1. The van der Waals surface area contributed by atoms with Crippen LogP contribution in [-0.4, -0.2) is 35.4 Å². The van der Waals surface area contributed by atoms with Gasteiger partial charge in [0.25, 0.3) is 0 Å². The molecular weight excluding hydrogens is 482 g/mol. The molecule has 0 aliphatic carbocycles. The van der Waals surface area contributed by atoms with Gasteiger partial charge in [-0.25, -0.2) is 0 Å². The van der Waals surface area contributed by atoms with Crippen LogP contribution in [0, 0.1) is 5.92 Å². The van der Waals surface area contributed by atoms with Crippen molar-refractivity contribution in [2.75, 3.05) is 13.2 Å². The van der Waals surface area contributed by atoms with Gasteiger partial charge in [0.15, 0.2) is 0 Å². The number of carbonyl (C=O) groups excluding carboxylic acids is 1. The van der Waals surface area contributed by atoms with E-state index in [4.69, 9.17) is 0 Å². The molecule has 234 valence electrons. The standard InChI is InChI=1S/C35H71NO3/c1-3-5-7-9-11-13-15-16-17-18-20-22-24-26-28-30-35(39)36-31-33(32-37)34(38)29-27-25-23-21-19-14-12-10-8-6-4-2/h33-34,37-38H,3-32H2,1-2H3,(H,36,39). The highest BCUT2D eigenvalue weighted by Crippen LogP contribution is 2.16. The van der Waals surface area contributed by atoms with Crippen molar-refractivity contribution in [1.29, 1.82) is 0 Å². The average Bonchev–Trinajstić information content (AvgIpc) is 2.94. The molecule has 4 heteroatoms. The summed E-state index contributed by atoms with van der Waals surface area (Å²) in [4.78, 5) is 12.2. The summed E-state index contributed by atoms with van der Waals surface area (Å²) in [6.45, 7) is 4.85. The van der Waals surface area contributed by atoms with E-state index in [1.807, 2.05) is 0 Å². The van der Waals surface area contributed by atoms with Crippen LogP contribution in [0.1, 0.15) is 194 Å². The van der Waals surface area contributed by atoms with Gasteiger partial charge in [-0.1, -0.05) is 174 Å². The molecule has 2 unspecified atom stereocenters. The van der Waals surface area contributed by atoms with Crippen molar-refractivity contribution >= 4 is 5.91 Å². The van der Waals surface area contributed by atoms with Crippen molar-refractivity contribution in [2.45, 2.75) is 200 Å². The lowest BCUT2D eigenvalue weighted by molar-refractivity contribution is -0.121. The van der Waals surface area contributed by atoms with Gasteiger partial charge >= 0.3 is 0 Å². The summed E-state index contributed by atoms with van der Waals surface area (Å²) in [6, 6.07) is 0. The summed E-state index contributed by atoms with van der Waals surface area (Å²) < 4.78 is 0. The average molecular weight is 554 g/mol. The lowest BCUT2D eigenvalue weighted by atomic mass is 9.97. The first-order valence-electron chi connectivity index (χ1n) is 17.7. The Hall–Kier alpha value is -0.610. The van der Waals surface area contributed by atoms with Crippen molar-refractivity contribution in [3.8, 4) is 0 Å². The quantitative estimate of drug-likeness (QED) is 0.0726. The second kappa shape index (κ2) is 31.9. The molecule has 0 aliphatic heterocycles. The molecule has 3 N–H and O–H groups in total. The van der Waals surface area contributed by atoms with E-state index in [0.717, 1.165) is 32.1 Å². The molecule has 39 heavy (non-hydrogen) atoms. The molecule has 0 rings (SSSR count). The van der Waals surface area contributed by atoms with Crippen LogP contribution in [0.15, 0.2) is 0 Å². The summed E-state index contributed by atoms with van der Waals surface area (Å²) in [5.74, 6) is -0.192. The lowest BCUT2D eigenvalue weighted by Gasteiger charge is -2.21. The number of hydrogen-bond acceptors (Lipinski definition) is 3. The minimum absolute atomic E-state index is 0.0602. The Morgan fingerprint density at radius 3 is 1.23 bits per heavy atom. The Bertz CT molecular complexity index is 485. The van der Waals surface area contributed by atoms with E-state index in [0.29, 0.717) is 13.0 Å². The zero-order valence-corrected chi connectivity index (χ0v) is 26.7. The number of aliphatic hydroxyl groups excluding tert-OH is 2. The highest BCUT2D eigenvalue weighted by atomic mass is 16.3. The van der Waals surface area contributed by atoms with Gasteiger partial charge in [0.2, 0.25) is 5.91 Å². The van der Waals surface area contributed by atoms with Crippen LogP contribution in [-0.2, 0) is 4.79 Å². The molecule has 0 saturated heterocycles. The molecule has 0 aromatic rings. The van der Waals surface area contributed by atoms with E-state index in [9.17, 15) is 15.0 Å². The van der Waals surface area contributed by atoms with Crippen molar-refractivity contribution in [1.82, 2.24) is 5.32 Å². The molecule has 2 atom stereocenters. The SMILES string of the molecule is CCCCCCCCCCCCCCCCCC(=O)NCC(CO)C(O)CCCCCCCCCCCCC. The Kier molecular flexibility index (Phi) is 31.4. The van der Waals surface area contributed by atoms with Crippen LogP contribution in [0.25, 0.3) is 0 Å². The monoisotopic (exact) mass is 554 g/mol. The summed E-state index contributed by atoms with van der Waals surface area (Å²) in [7, 11) is 0. The maximum atomic E-state index is 12.2. The minimum Gasteiger partial charge on any atom is -0.396 e. The van der Waals surface area contributed by atoms with Crippen LogP contribution in [0.5, 0.6) is 0 Å². The molecule has 0 bridgehead atoms. The van der Waals surface area contributed by atoms with E-state index >= 15 is 0 Å². The molecule has 0 fully saturated rings. The number of unbranched alkanes of at least 4 members (excludes halogenated alkanes) is 24. The Morgan fingerprint density at radius 2 is 0.872 bits per heavy atom. The predicted octanol–water partition coefficient (Wildman–Crippen LogP) is 10.0. The minimum atomic E-state index is -0.528. The first kappa shape index (κ1) is 38.4. The zero-order chi connectivity index (χ0) is 28.7. The molecule has 0 aliphatic rings. The Balaban J connectivity index is 3.52. The van der Waals surface area contributed by atoms with Gasteiger partial charge in [0.1, 0.15) is 0 Å². The Labute approximate surface area is 244 Å². The summed E-state index contributed by atoms with van der Waals surface area (Å²) in [5, 5.41) is 23.1. The van der Waals surface area contributed by atoms with Gasteiger partial charge in [0.05, 0.1) is 12.7 Å². The number of rotatable bonds is 32. The highest BCUT2D eigenvalue weighted by molar-refractivity contribution is 5.75. The second-order valence-corrected chi connectivity index (χ2v) is 12.3. The Morgan fingerprint density at radius 1 is 0.538 bits per heavy atom. The number of amides is 1. The zero-order valence-electron chi connectivity index (χ0n) is 26.7. The van der Waals surface area contributed by atoms with Gasteiger partial charge in [0, 0.05) is 18.9 Å². The van der Waals surface area contributed by atoms with Gasteiger partial charge < -0.3 is 15.5 Å². The first-order valence-corrected chi connectivity index (χ1v) is 17.7. The summed E-state index contributed by atoms with van der Waals surface area (Å²) in [6.07, 6.45) is 34.9. The fourth-order valence-electron chi connectivity index (χ4n) is 5.57. The number of aliphatic hydroxyl groups is 2. The van der Waals surface area contributed by atoms with E-state index < -0.39 is 6.10 Å². The number of hydrogen-bond donors (Lipinski definition) is 3. The van der Waals surface area contributed by atoms with Crippen LogP contribution in [0.3, 0.4) is 0 Å². The maximum absolute atomic E-state index is 12.2. The van der Waals surface area contributed by atoms with E-state index in [-0.39, 0.29) is 18.4 Å². The normalized spacial score (nSPS) is 13.0. The topological polar surface area (TPSA) is 69.6 Å². The second-order valence-electron chi connectivity index (χ2n) is 12.3. The van der Waals surface area contributed by atoms with Gasteiger partial charge in [-0.15, -0.1) is 0 Å². The van der Waals surface area contributed by atoms with Crippen molar-refractivity contribution in [3.05, 3.63) is 0 Å². The molecule has 0 spiro atoms. The fourth-order valence-corrected chi connectivity index (χ4v) is 5.57. The van der Waals surface area contributed by atoms with Crippen molar-refractivity contribution in [2.24, 2.45) is 5.92 Å². The van der Waals surface area contributed by atoms with E-state index in [1.54, 1.807) is 0 Å². The third kappa shape index (κ3) is 28.7. The molecule has 1 amide bonds. The van der Waals surface area contributed by atoms with E-state index in [2.05, 4.69) is 19.2 Å². The lowest BCUT2D eigenvalue weighted by Crippen LogP contribution is -2.36. The summed E-state index contributed by atoms with van der Waals surface area (Å²) >= 11 is 0. The third-order valence-corrected chi connectivity index (χ3v) is 8.45. The highest BCUT2D eigenvalue weighted by Gasteiger charge is 2.18. The molecule has 0 aromatic heterocycles. The van der Waals surface area contributed by atoms with Crippen LogP contribution in [0.4, 0.5) is 0 Å². The van der Waals surface area contributed by atoms with E-state index in [1.165, 1.54) is 141 Å². The third-order valence-electron chi connectivity index (χ3n) is 8.45. The molecule has 0 heterocycles. The largest absolute Gasteiger partial charge is 0.396 e. The van der Waals surface area contributed by atoms with Gasteiger partial charge in [-0.3, -0.25) is 4.79 Å². The van der Waals surface area contributed by atoms with Crippen LogP contribution in [0.2, 0.25) is 0 Å². The molecule has 4 nitrogen and oxygen atoms in total. The maximum Gasteiger partial charge on any atom is 0.220 e. The fraction of sp³-hybridized carbons (Fsp3) is 0.971. The van der Waals surface area contributed by atoms with Crippen molar-refractivity contribution in [3.63, 3.8) is 0 Å². The molecule has 0 saturated carbocycles. The van der Waals surface area contributed by atoms with Gasteiger partial charge in [-0.2, -0.15) is 0 Å². The predicted molar refractivity (Wildman–Crippen MR) is 170 cm³/mol. The van der Waals surface area contributed by atoms with Crippen LogP contribution >= 0.6 is 0 Å². The number of nitrogens with one attached hydrogen (secondary N) is 1. The molecule has 0 radical (unpaired) electrons. The van der Waals surface area contributed by atoms with Gasteiger partial charge in [-0.05, 0) is 12.8 Å². The first-order chi connectivity index (χ1) is 19.2. The molecular formula is C35H71NO3. The molecule has 0 aromatic carbocycles. The van der Waals surface area contributed by atoms with Crippen LogP contribution < -0.4 is 5.32 Å². The smallest absolute Gasteiger partial charge is 0.220 e. The summed E-state index contributed by atoms with van der Waals surface area (Å²) in [5.41, 5.74) is 0. The van der Waals surface area contributed by atoms with Crippen molar-refractivity contribution < 1.29 is 15.0 Å².